The summed E-state index contributed by atoms with van der Waals surface area (Å²) in [6, 6.07) is 12.6. The van der Waals surface area contributed by atoms with Gasteiger partial charge in [0.25, 0.3) is 0 Å². The topological polar surface area (TPSA) is 59.8 Å². The molecular formula is C21H19F3N4OS. The number of nitrogens with one attached hydrogen (secondary N) is 1. The van der Waals surface area contributed by atoms with Gasteiger partial charge in [-0.05, 0) is 25.1 Å². The van der Waals surface area contributed by atoms with Gasteiger partial charge < -0.3 is 5.32 Å². The molecule has 0 atom stereocenters. The van der Waals surface area contributed by atoms with E-state index in [0.29, 0.717) is 17.5 Å². The molecular weight excluding hydrogens is 413 g/mol. The second-order valence-electron chi connectivity index (χ2n) is 6.46. The lowest BCUT2D eigenvalue weighted by Crippen LogP contribution is -2.18. The van der Waals surface area contributed by atoms with Crippen molar-refractivity contribution in [2.75, 3.05) is 11.1 Å². The molecule has 0 bridgehead atoms. The summed E-state index contributed by atoms with van der Waals surface area (Å²) in [5.41, 5.74) is 0.779. The summed E-state index contributed by atoms with van der Waals surface area (Å²) < 4.78 is 41.1. The Morgan fingerprint density at radius 2 is 1.97 bits per heavy atom. The first-order valence-corrected chi connectivity index (χ1v) is 9.98. The third kappa shape index (κ3) is 5.10. The molecule has 1 heterocycles. The van der Waals surface area contributed by atoms with Crippen LogP contribution in [0, 0.1) is 6.92 Å². The summed E-state index contributed by atoms with van der Waals surface area (Å²) in [5.74, 6) is -0.0548. The minimum absolute atomic E-state index is 0.116. The Kier molecular flexibility index (Phi) is 6.61. The number of thioether (sulfide) groups is 1. The lowest BCUT2D eigenvalue weighted by molar-refractivity contribution is -0.137. The van der Waals surface area contributed by atoms with E-state index in [9.17, 15) is 18.0 Å². The second kappa shape index (κ2) is 9.17. The van der Waals surface area contributed by atoms with Crippen molar-refractivity contribution in [1.82, 2.24) is 14.8 Å². The van der Waals surface area contributed by atoms with Gasteiger partial charge in [-0.1, -0.05) is 53.7 Å². The van der Waals surface area contributed by atoms with Gasteiger partial charge >= 0.3 is 6.18 Å². The monoisotopic (exact) mass is 432 g/mol. The quantitative estimate of drug-likeness (QED) is 0.412. The van der Waals surface area contributed by atoms with Gasteiger partial charge in [-0.25, -0.2) is 0 Å². The van der Waals surface area contributed by atoms with Crippen LogP contribution in [0.4, 0.5) is 18.9 Å². The third-order valence-electron chi connectivity index (χ3n) is 4.14. The summed E-state index contributed by atoms with van der Waals surface area (Å²) >= 11 is 1.10. The van der Waals surface area contributed by atoms with Crippen molar-refractivity contribution in [3.05, 3.63) is 72.3 Å². The smallest absolute Gasteiger partial charge is 0.325 e. The van der Waals surface area contributed by atoms with Gasteiger partial charge in [0.15, 0.2) is 11.0 Å². The van der Waals surface area contributed by atoms with Crippen molar-refractivity contribution >= 4 is 23.4 Å². The number of carbonyl (C=O) groups is 1. The first kappa shape index (κ1) is 21.6. The standard InChI is InChI=1S/C21H19F3N4OS/c1-3-11-28-19(15-8-6-7-14(2)12-15)26-27-20(28)30-13-18(29)25-17-10-5-4-9-16(17)21(22,23)24/h3-10,12H,1,11,13H2,2H3,(H,25,29). The minimum Gasteiger partial charge on any atom is -0.325 e. The van der Waals surface area contributed by atoms with Crippen LogP contribution in [0.1, 0.15) is 11.1 Å². The first-order valence-electron chi connectivity index (χ1n) is 8.99. The Morgan fingerprint density at radius 3 is 2.67 bits per heavy atom. The van der Waals surface area contributed by atoms with Crippen molar-refractivity contribution in [1.29, 1.82) is 0 Å². The fraction of sp³-hybridized carbons (Fsp3) is 0.190. The van der Waals surface area contributed by atoms with E-state index in [2.05, 4.69) is 22.1 Å². The number of aromatic nitrogens is 3. The average Bonchev–Trinajstić information content (AvgIpc) is 3.09. The molecule has 1 amide bonds. The Labute approximate surface area is 176 Å². The Bertz CT molecular complexity index is 1060. The Morgan fingerprint density at radius 1 is 1.20 bits per heavy atom. The molecule has 2 aromatic carbocycles. The normalized spacial score (nSPS) is 11.3. The van der Waals surface area contributed by atoms with Crippen LogP contribution in [0.5, 0.6) is 0 Å². The number of alkyl halides is 3. The highest BCUT2D eigenvalue weighted by atomic mass is 32.2. The van der Waals surface area contributed by atoms with Crippen LogP contribution >= 0.6 is 11.8 Å². The molecule has 156 valence electrons. The summed E-state index contributed by atoms with van der Waals surface area (Å²) in [4.78, 5) is 12.3. The van der Waals surface area contributed by atoms with Gasteiger partial charge in [-0.3, -0.25) is 9.36 Å². The van der Waals surface area contributed by atoms with Gasteiger partial charge in [0, 0.05) is 12.1 Å². The number of allylic oxidation sites excluding steroid dienone is 1. The largest absolute Gasteiger partial charge is 0.418 e. The molecule has 0 saturated carbocycles. The fourth-order valence-corrected chi connectivity index (χ4v) is 3.59. The van der Waals surface area contributed by atoms with Gasteiger partial charge in [0.2, 0.25) is 5.91 Å². The average molecular weight is 432 g/mol. The molecule has 0 spiro atoms. The van der Waals surface area contributed by atoms with Crippen LogP contribution in [0.3, 0.4) is 0 Å². The van der Waals surface area contributed by atoms with Crippen molar-refractivity contribution in [3.8, 4) is 11.4 Å². The molecule has 9 heteroatoms. The van der Waals surface area contributed by atoms with E-state index < -0.39 is 17.6 Å². The number of amides is 1. The van der Waals surface area contributed by atoms with Crippen LogP contribution in [-0.4, -0.2) is 26.4 Å². The molecule has 5 nitrogen and oxygen atoms in total. The van der Waals surface area contributed by atoms with E-state index in [4.69, 9.17) is 0 Å². The lowest BCUT2D eigenvalue weighted by Gasteiger charge is -2.13. The predicted molar refractivity (Wildman–Crippen MR) is 111 cm³/mol. The number of halogens is 3. The van der Waals surface area contributed by atoms with Gasteiger partial charge in [-0.2, -0.15) is 13.2 Å². The van der Waals surface area contributed by atoms with Gasteiger partial charge in [0.1, 0.15) is 0 Å². The number of anilines is 1. The number of hydrogen-bond acceptors (Lipinski definition) is 4. The van der Waals surface area contributed by atoms with E-state index in [1.807, 2.05) is 35.8 Å². The minimum atomic E-state index is -4.55. The SMILES string of the molecule is C=CCn1c(SCC(=O)Nc2ccccc2C(F)(F)F)nnc1-c1cccc(C)c1. The molecule has 0 aliphatic rings. The van der Waals surface area contributed by atoms with Gasteiger partial charge in [0.05, 0.1) is 17.0 Å². The van der Waals surface area contributed by atoms with E-state index in [-0.39, 0.29) is 11.4 Å². The maximum Gasteiger partial charge on any atom is 0.418 e. The second-order valence-corrected chi connectivity index (χ2v) is 7.40. The predicted octanol–water partition coefficient (Wildman–Crippen LogP) is 5.19. The van der Waals surface area contributed by atoms with E-state index >= 15 is 0 Å². The number of benzene rings is 2. The summed E-state index contributed by atoms with van der Waals surface area (Å²) in [7, 11) is 0. The molecule has 0 radical (unpaired) electrons. The van der Waals surface area contributed by atoms with Crippen LogP contribution < -0.4 is 5.32 Å². The number of nitrogens with zero attached hydrogens (tertiary/aromatic N) is 3. The number of para-hydroxylation sites is 1. The van der Waals surface area contributed by atoms with Crippen molar-refractivity contribution < 1.29 is 18.0 Å². The molecule has 3 aromatic rings. The zero-order valence-corrected chi connectivity index (χ0v) is 16.9. The Hall–Kier alpha value is -3.07. The molecule has 3 rings (SSSR count). The highest BCUT2D eigenvalue weighted by Crippen LogP contribution is 2.34. The molecule has 0 aliphatic carbocycles. The zero-order chi connectivity index (χ0) is 21.7. The molecule has 0 aliphatic heterocycles. The number of aryl methyl sites for hydroxylation is 1. The molecule has 0 fully saturated rings. The highest BCUT2D eigenvalue weighted by molar-refractivity contribution is 7.99. The van der Waals surface area contributed by atoms with E-state index in [1.165, 1.54) is 18.2 Å². The van der Waals surface area contributed by atoms with Crippen molar-refractivity contribution in [2.45, 2.75) is 24.8 Å². The number of rotatable bonds is 7. The van der Waals surface area contributed by atoms with E-state index in [1.54, 1.807) is 6.08 Å². The van der Waals surface area contributed by atoms with Crippen LogP contribution in [0.25, 0.3) is 11.4 Å². The number of hydrogen-bond donors (Lipinski definition) is 1. The summed E-state index contributed by atoms with van der Waals surface area (Å²) in [5, 5.41) is 11.2. The fourth-order valence-electron chi connectivity index (χ4n) is 2.84. The molecule has 1 N–H and O–H groups in total. The van der Waals surface area contributed by atoms with Gasteiger partial charge in [-0.15, -0.1) is 16.8 Å². The molecule has 1 aromatic heterocycles. The molecule has 0 saturated heterocycles. The summed E-state index contributed by atoms with van der Waals surface area (Å²) in [6.45, 7) is 6.14. The maximum atomic E-state index is 13.1. The highest BCUT2D eigenvalue weighted by Gasteiger charge is 2.33. The molecule has 30 heavy (non-hydrogen) atoms. The third-order valence-corrected chi connectivity index (χ3v) is 5.11. The van der Waals surface area contributed by atoms with Crippen LogP contribution in [0.2, 0.25) is 0 Å². The first-order chi connectivity index (χ1) is 14.3. The van der Waals surface area contributed by atoms with Crippen LogP contribution in [0.15, 0.2) is 66.3 Å². The van der Waals surface area contributed by atoms with Crippen LogP contribution in [-0.2, 0) is 17.5 Å². The van der Waals surface area contributed by atoms with E-state index in [0.717, 1.165) is 29.0 Å². The summed E-state index contributed by atoms with van der Waals surface area (Å²) in [6.07, 6.45) is -2.86. The Balaban J connectivity index is 1.75. The van der Waals surface area contributed by atoms with Crippen molar-refractivity contribution in [2.24, 2.45) is 0 Å². The lowest BCUT2D eigenvalue weighted by atomic mass is 10.1. The maximum absolute atomic E-state index is 13.1. The zero-order valence-electron chi connectivity index (χ0n) is 16.1. The molecule has 0 unspecified atom stereocenters. The number of carbonyl (C=O) groups excluding carboxylic acids is 1. The van der Waals surface area contributed by atoms with Crippen molar-refractivity contribution in [3.63, 3.8) is 0 Å².